The Balaban J connectivity index is 3.78. The van der Waals surface area contributed by atoms with Crippen molar-refractivity contribution in [1.29, 1.82) is 0 Å². The summed E-state index contributed by atoms with van der Waals surface area (Å²) in [4.78, 5) is 0. The molecule has 0 N–H and O–H groups in total. The van der Waals surface area contributed by atoms with Gasteiger partial charge in [-0.25, -0.2) is 0 Å². The first-order valence-corrected chi connectivity index (χ1v) is 3.07. The van der Waals surface area contributed by atoms with E-state index in [4.69, 9.17) is 0 Å². The summed E-state index contributed by atoms with van der Waals surface area (Å²) in [6.45, 7) is 0. The monoisotopic (exact) mass is 176 g/mol. The zero-order valence-electron chi connectivity index (χ0n) is 4.46. The van der Waals surface area contributed by atoms with Crippen LogP contribution >= 0.6 is 0 Å². The molecule has 60 valence electrons. The van der Waals surface area contributed by atoms with E-state index in [1.807, 2.05) is 0 Å². The Labute approximate surface area is 56.3 Å². The van der Waals surface area contributed by atoms with E-state index < -0.39 is 17.2 Å². The quantitative estimate of drug-likeness (QED) is 0.495. The molecule has 0 saturated heterocycles. The summed E-state index contributed by atoms with van der Waals surface area (Å²) >= 11 is 0. The summed E-state index contributed by atoms with van der Waals surface area (Å²) in [6.07, 6.45) is -4.80. The molecule has 0 radical (unpaired) electrons. The van der Waals surface area contributed by atoms with E-state index in [0.717, 1.165) is 0 Å². The number of allylic oxidation sites excluding steroid dienone is 1. The van der Waals surface area contributed by atoms with Crippen LogP contribution in [0.5, 0.6) is 0 Å². The van der Waals surface area contributed by atoms with Crippen LogP contribution in [0.2, 0.25) is 0 Å². The van der Waals surface area contributed by atoms with E-state index in [-0.39, 0.29) is 12.3 Å². The summed E-state index contributed by atoms with van der Waals surface area (Å²) in [5.74, 6) is 0. The van der Waals surface area contributed by atoms with Gasteiger partial charge in [0.2, 0.25) is 0 Å². The van der Waals surface area contributed by atoms with Crippen molar-refractivity contribution in [3.05, 3.63) is 12.3 Å². The number of thiol groups is 1. The predicted molar refractivity (Wildman–Crippen MR) is 26.6 cm³/mol. The van der Waals surface area contributed by atoms with E-state index in [9.17, 15) is 21.6 Å². The maximum absolute atomic E-state index is 11.1. The number of halogens is 3. The van der Waals surface area contributed by atoms with E-state index in [1.165, 1.54) is 0 Å². The van der Waals surface area contributed by atoms with Gasteiger partial charge in [0.25, 0.3) is 11.0 Å². The summed E-state index contributed by atoms with van der Waals surface area (Å²) in [7, 11) is -3.24. The molecule has 0 aromatic heterocycles. The van der Waals surface area contributed by atoms with Gasteiger partial charge in [0.15, 0.2) is 0 Å². The molecule has 0 aliphatic heterocycles. The molecule has 0 aromatic rings. The summed E-state index contributed by atoms with van der Waals surface area (Å²) in [5, 5.41) is 0. The van der Waals surface area contributed by atoms with E-state index in [0.29, 0.717) is 0 Å². The minimum absolute atomic E-state index is 0.0612. The second kappa shape index (κ2) is 3.45. The average Bonchev–Trinajstić information content (AvgIpc) is 1.59. The number of hydrogen-bond acceptors (Lipinski definition) is 3. The highest BCUT2D eigenvalue weighted by molar-refractivity contribution is 7.67. The topological polar surface area (TPSA) is 43.4 Å². The molecular formula is C3H3F3O3S. The minimum atomic E-state index is -4.54. The second-order valence-corrected chi connectivity index (χ2v) is 1.83. The molecule has 0 fully saturated rings. The standard InChI is InChI=1S/C3H3F3O3S/c4-3(5,6)1-2-9-10(7)8/h1-2,10H. The third-order valence-electron chi connectivity index (χ3n) is 0.404. The van der Waals surface area contributed by atoms with Gasteiger partial charge in [0, 0.05) is 0 Å². The fourth-order valence-corrected chi connectivity index (χ4v) is 0.318. The van der Waals surface area contributed by atoms with Crippen LogP contribution < -0.4 is 0 Å². The van der Waals surface area contributed by atoms with E-state index >= 15 is 0 Å². The Bertz CT molecular complexity index is 184. The fourth-order valence-electron chi connectivity index (χ4n) is 0.157. The molecule has 0 bridgehead atoms. The van der Waals surface area contributed by atoms with Crippen molar-refractivity contribution in [2.45, 2.75) is 6.18 Å². The SMILES string of the molecule is O=[SH](=O)OC=CC(F)(F)F. The second-order valence-electron chi connectivity index (χ2n) is 1.17. The van der Waals surface area contributed by atoms with Crippen LogP contribution in [0.1, 0.15) is 0 Å². The van der Waals surface area contributed by atoms with Gasteiger partial charge in [0.05, 0.1) is 6.08 Å². The lowest BCUT2D eigenvalue weighted by atomic mass is 10.6. The van der Waals surface area contributed by atoms with Crippen LogP contribution in [-0.2, 0) is 15.2 Å². The van der Waals surface area contributed by atoms with Crippen LogP contribution in [0, 0.1) is 0 Å². The van der Waals surface area contributed by atoms with Gasteiger partial charge in [-0.3, -0.25) is 0 Å². The van der Waals surface area contributed by atoms with Crippen molar-refractivity contribution in [3.63, 3.8) is 0 Å². The molecule has 10 heavy (non-hydrogen) atoms. The van der Waals surface area contributed by atoms with E-state index in [2.05, 4.69) is 4.18 Å². The normalized spacial score (nSPS) is 12.8. The summed E-state index contributed by atoms with van der Waals surface area (Å²) in [6, 6.07) is 0. The molecule has 0 heterocycles. The zero-order valence-corrected chi connectivity index (χ0v) is 5.35. The van der Waals surface area contributed by atoms with Crippen molar-refractivity contribution in [3.8, 4) is 0 Å². The minimum Gasteiger partial charge on any atom is -0.392 e. The first-order valence-electron chi connectivity index (χ1n) is 1.97. The van der Waals surface area contributed by atoms with Crippen molar-refractivity contribution in [2.24, 2.45) is 0 Å². The van der Waals surface area contributed by atoms with Crippen LogP contribution in [0.3, 0.4) is 0 Å². The Morgan fingerprint density at radius 3 is 2.10 bits per heavy atom. The van der Waals surface area contributed by atoms with Crippen molar-refractivity contribution in [2.75, 3.05) is 0 Å². The Morgan fingerprint density at radius 1 is 1.30 bits per heavy atom. The molecule has 0 aliphatic carbocycles. The zero-order chi connectivity index (χ0) is 8.20. The van der Waals surface area contributed by atoms with Gasteiger partial charge in [-0.2, -0.15) is 21.6 Å². The molecule has 0 saturated carbocycles. The van der Waals surface area contributed by atoms with Crippen molar-refractivity contribution < 1.29 is 25.8 Å². The van der Waals surface area contributed by atoms with Gasteiger partial charge < -0.3 is 4.18 Å². The number of hydrogen-bond donors (Lipinski definition) is 1. The molecular weight excluding hydrogens is 173 g/mol. The molecule has 0 atom stereocenters. The highest BCUT2D eigenvalue weighted by Crippen LogP contribution is 2.15. The third kappa shape index (κ3) is 7.28. The molecule has 0 rings (SSSR count). The van der Waals surface area contributed by atoms with Crippen molar-refractivity contribution in [1.82, 2.24) is 0 Å². The first kappa shape index (κ1) is 9.28. The Hall–Kier alpha value is -0.720. The van der Waals surface area contributed by atoms with Crippen molar-refractivity contribution >= 4 is 11.0 Å². The van der Waals surface area contributed by atoms with Crippen LogP contribution in [0.4, 0.5) is 13.2 Å². The molecule has 0 spiro atoms. The van der Waals surface area contributed by atoms with Crippen LogP contribution in [-0.4, -0.2) is 14.6 Å². The molecule has 3 nitrogen and oxygen atoms in total. The number of alkyl halides is 3. The lowest BCUT2D eigenvalue weighted by Crippen LogP contribution is -2.00. The smallest absolute Gasteiger partial charge is 0.392 e. The summed E-state index contributed by atoms with van der Waals surface area (Å²) in [5.41, 5.74) is 0. The molecule has 0 unspecified atom stereocenters. The highest BCUT2D eigenvalue weighted by atomic mass is 32.2. The highest BCUT2D eigenvalue weighted by Gasteiger charge is 2.22. The Kier molecular flexibility index (Phi) is 3.20. The van der Waals surface area contributed by atoms with Gasteiger partial charge >= 0.3 is 6.18 Å². The van der Waals surface area contributed by atoms with Gasteiger partial charge in [0.1, 0.15) is 6.26 Å². The first-order chi connectivity index (χ1) is 4.42. The predicted octanol–water partition coefficient (Wildman–Crippen LogP) is 0.605. The molecule has 7 heteroatoms. The average molecular weight is 176 g/mol. The maximum Gasteiger partial charge on any atom is 0.412 e. The lowest BCUT2D eigenvalue weighted by Gasteiger charge is -1.94. The molecule has 0 aliphatic rings. The lowest BCUT2D eigenvalue weighted by molar-refractivity contribution is -0.0808. The van der Waals surface area contributed by atoms with Gasteiger partial charge in [-0.1, -0.05) is 0 Å². The van der Waals surface area contributed by atoms with E-state index in [1.54, 1.807) is 0 Å². The molecule has 0 amide bonds. The Morgan fingerprint density at radius 2 is 1.80 bits per heavy atom. The summed E-state index contributed by atoms with van der Waals surface area (Å²) < 4.78 is 55.9. The fraction of sp³-hybridized carbons (Fsp3) is 0.333. The maximum atomic E-state index is 11.1. The molecule has 0 aromatic carbocycles. The van der Waals surface area contributed by atoms with Crippen LogP contribution in [0.25, 0.3) is 0 Å². The largest absolute Gasteiger partial charge is 0.412 e. The third-order valence-corrected chi connectivity index (χ3v) is 0.698. The van der Waals surface area contributed by atoms with Crippen LogP contribution in [0.15, 0.2) is 12.3 Å². The van der Waals surface area contributed by atoms with Gasteiger partial charge in [-0.15, -0.1) is 0 Å². The van der Waals surface area contributed by atoms with Gasteiger partial charge in [-0.05, 0) is 0 Å². The number of rotatable bonds is 2.